The third-order valence-corrected chi connectivity index (χ3v) is 17.0. The van der Waals surface area contributed by atoms with Crippen LogP contribution in [0.4, 0.5) is 0 Å². The van der Waals surface area contributed by atoms with Gasteiger partial charge in [-0.1, -0.05) is 298 Å². The molecule has 3 atom stereocenters. The summed E-state index contributed by atoms with van der Waals surface area (Å²) in [6, 6.07) is -0.860. The van der Waals surface area contributed by atoms with Gasteiger partial charge < -0.3 is 19.4 Å². The minimum atomic E-state index is -4.46. The van der Waals surface area contributed by atoms with E-state index in [-0.39, 0.29) is 31.5 Å². The third-order valence-electron chi connectivity index (χ3n) is 16.0. The highest BCUT2D eigenvalue weighted by Crippen LogP contribution is 2.43. The van der Waals surface area contributed by atoms with Gasteiger partial charge in [-0.3, -0.25) is 18.6 Å². The summed E-state index contributed by atoms with van der Waals surface area (Å²) in [6.07, 6.45) is 89.8. The van der Waals surface area contributed by atoms with Crippen LogP contribution in [0.2, 0.25) is 0 Å². The lowest BCUT2D eigenvalue weighted by molar-refractivity contribution is -0.870. The molecule has 0 aliphatic carbocycles. The van der Waals surface area contributed by atoms with Crippen molar-refractivity contribution in [3.63, 3.8) is 0 Å². The smallest absolute Gasteiger partial charge is 0.456 e. The molecule has 0 aromatic heterocycles. The largest absolute Gasteiger partial charge is 0.472 e. The summed E-state index contributed by atoms with van der Waals surface area (Å²) in [5, 5.41) is 3.07. The Morgan fingerprint density at radius 3 is 1.07 bits per heavy atom. The van der Waals surface area contributed by atoms with Crippen LogP contribution >= 0.6 is 7.82 Å². The molecular formula is C77H140N2O7P+. The highest BCUT2D eigenvalue weighted by atomic mass is 31.2. The van der Waals surface area contributed by atoms with E-state index in [0.29, 0.717) is 17.4 Å². The Morgan fingerprint density at radius 2 is 0.701 bits per heavy atom. The summed E-state index contributed by atoms with van der Waals surface area (Å²) in [5.74, 6) is -0.511. The van der Waals surface area contributed by atoms with Crippen LogP contribution in [0.15, 0.2) is 97.2 Å². The molecule has 0 radical (unpaired) electrons. The van der Waals surface area contributed by atoms with Crippen LogP contribution in [0.3, 0.4) is 0 Å². The number of nitrogens with one attached hydrogen (secondary N) is 1. The second kappa shape index (κ2) is 65.9. The number of nitrogens with zero attached hydrogens (tertiary/aromatic N) is 1. The lowest BCUT2D eigenvalue weighted by atomic mass is 10.0. The van der Waals surface area contributed by atoms with Crippen molar-refractivity contribution in [1.82, 2.24) is 5.32 Å². The van der Waals surface area contributed by atoms with Gasteiger partial charge in [0, 0.05) is 12.8 Å². The Balaban J connectivity index is 5.12. The first kappa shape index (κ1) is 83.9. The summed E-state index contributed by atoms with van der Waals surface area (Å²) in [6.45, 7) is 6.98. The molecule has 10 heteroatoms. The zero-order valence-corrected chi connectivity index (χ0v) is 58.6. The van der Waals surface area contributed by atoms with E-state index in [4.69, 9.17) is 13.8 Å². The molecule has 9 nitrogen and oxygen atoms in total. The van der Waals surface area contributed by atoms with Crippen LogP contribution in [0.5, 0.6) is 0 Å². The molecule has 87 heavy (non-hydrogen) atoms. The molecule has 504 valence electrons. The van der Waals surface area contributed by atoms with E-state index in [0.717, 1.165) is 103 Å². The van der Waals surface area contributed by atoms with Crippen LogP contribution in [0, 0.1) is 0 Å². The number of unbranched alkanes of at least 4 members (excludes halogenated alkanes) is 36. The summed E-state index contributed by atoms with van der Waals surface area (Å²) < 4.78 is 30.9. The zero-order chi connectivity index (χ0) is 63.5. The van der Waals surface area contributed by atoms with Crippen molar-refractivity contribution in [3.05, 3.63) is 97.2 Å². The summed E-state index contributed by atoms with van der Waals surface area (Å²) in [5.41, 5.74) is 0. The van der Waals surface area contributed by atoms with Gasteiger partial charge in [0.25, 0.3) is 0 Å². The van der Waals surface area contributed by atoms with Gasteiger partial charge in [0.1, 0.15) is 19.3 Å². The number of phosphoric acid groups is 1. The molecule has 0 aliphatic rings. The molecule has 3 unspecified atom stereocenters. The molecule has 1 amide bonds. The van der Waals surface area contributed by atoms with Gasteiger partial charge in [0.15, 0.2) is 0 Å². The normalized spacial score (nSPS) is 14.1. The van der Waals surface area contributed by atoms with E-state index in [1.54, 1.807) is 0 Å². The third kappa shape index (κ3) is 67.2. The molecule has 0 fully saturated rings. The Morgan fingerprint density at radius 1 is 0.402 bits per heavy atom. The lowest BCUT2D eigenvalue weighted by Crippen LogP contribution is -2.47. The van der Waals surface area contributed by atoms with Crippen LogP contribution in [0.1, 0.15) is 329 Å². The van der Waals surface area contributed by atoms with Gasteiger partial charge in [0.2, 0.25) is 5.91 Å². The summed E-state index contributed by atoms with van der Waals surface area (Å²) in [4.78, 5) is 38.0. The SMILES string of the molecule is CCCCC/C=C\C/C=C\C/C=C\C/C=C\CCCCCCCCCCCC(=O)NC(COP(=O)(O)OCC[N+](C)(C)C)C(/C=C/CCCCCCCCCCCCC)OC(=O)CCCCCCCCCCCC/C=C\C/C=C\C/C=C\CCCCC. The number of carbonyl (C=O) groups is 2. The van der Waals surface area contributed by atoms with Crippen molar-refractivity contribution in [2.45, 2.75) is 341 Å². The van der Waals surface area contributed by atoms with Gasteiger partial charge >= 0.3 is 13.8 Å². The average Bonchev–Trinajstić information content (AvgIpc) is 3.70. The van der Waals surface area contributed by atoms with Crippen LogP contribution in [-0.2, 0) is 27.9 Å². The molecule has 0 bridgehead atoms. The Hall–Kier alpha value is -3.07. The maximum absolute atomic E-state index is 13.6. The van der Waals surface area contributed by atoms with E-state index in [2.05, 4.69) is 111 Å². The predicted octanol–water partition coefficient (Wildman–Crippen LogP) is 23.5. The van der Waals surface area contributed by atoms with Gasteiger partial charge in [-0.15, -0.1) is 0 Å². The molecule has 0 aromatic carbocycles. The number of esters is 1. The zero-order valence-electron chi connectivity index (χ0n) is 57.7. The number of carbonyl (C=O) groups excluding carboxylic acids is 2. The van der Waals surface area contributed by atoms with Crippen molar-refractivity contribution in [2.75, 3.05) is 40.9 Å². The second-order valence-corrected chi connectivity index (χ2v) is 27.2. The topological polar surface area (TPSA) is 111 Å². The second-order valence-electron chi connectivity index (χ2n) is 25.8. The number of phosphoric ester groups is 1. The average molecular weight is 1240 g/mol. The van der Waals surface area contributed by atoms with Crippen molar-refractivity contribution in [1.29, 1.82) is 0 Å². The van der Waals surface area contributed by atoms with Crippen LogP contribution in [0.25, 0.3) is 0 Å². The maximum atomic E-state index is 13.6. The van der Waals surface area contributed by atoms with Gasteiger partial charge in [0.05, 0.1) is 33.8 Å². The van der Waals surface area contributed by atoms with Gasteiger partial charge in [-0.05, 0) is 115 Å². The Labute approximate surface area is 538 Å². The monoisotopic (exact) mass is 1240 g/mol. The molecule has 0 rings (SSSR count). The fourth-order valence-electron chi connectivity index (χ4n) is 10.3. The Kier molecular flexibility index (Phi) is 63.5. The number of amides is 1. The predicted molar refractivity (Wildman–Crippen MR) is 378 cm³/mol. The lowest BCUT2D eigenvalue weighted by Gasteiger charge is -2.27. The van der Waals surface area contributed by atoms with E-state index in [1.807, 2.05) is 33.3 Å². The van der Waals surface area contributed by atoms with Gasteiger partial charge in [-0.2, -0.15) is 0 Å². The van der Waals surface area contributed by atoms with E-state index in [9.17, 15) is 19.0 Å². The van der Waals surface area contributed by atoms with Crippen LogP contribution < -0.4 is 5.32 Å². The molecule has 0 saturated carbocycles. The van der Waals surface area contributed by atoms with Crippen molar-refractivity contribution >= 4 is 19.7 Å². The highest BCUT2D eigenvalue weighted by Gasteiger charge is 2.30. The number of hydrogen-bond donors (Lipinski definition) is 2. The first-order chi connectivity index (χ1) is 42.4. The minimum absolute atomic E-state index is 0.0348. The number of allylic oxidation sites excluding steroid dienone is 15. The number of rotatable bonds is 66. The summed E-state index contributed by atoms with van der Waals surface area (Å²) >= 11 is 0. The maximum Gasteiger partial charge on any atom is 0.472 e. The molecule has 0 aromatic rings. The van der Waals surface area contributed by atoms with Crippen molar-refractivity contribution in [2.24, 2.45) is 0 Å². The van der Waals surface area contributed by atoms with Gasteiger partial charge in [-0.25, -0.2) is 4.57 Å². The molecule has 0 saturated heterocycles. The van der Waals surface area contributed by atoms with E-state index < -0.39 is 20.0 Å². The fourth-order valence-corrected chi connectivity index (χ4v) is 11.1. The molecule has 0 aliphatic heterocycles. The first-order valence-electron chi connectivity index (χ1n) is 36.6. The number of quaternary nitrogens is 1. The van der Waals surface area contributed by atoms with E-state index in [1.165, 1.54) is 193 Å². The molecule has 2 N–H and O–H groups in total. The number of hydrogen-bond acceptors (Lipinski definition) is 6. The van der Waals surface area contributed by atoms with E-state index >= 15 is 0 Å². The number of ether oxygens (including phenoxy) is 1. The van der Waals surface area contributed by atoms with Crippen LogP contribution in [-0.4, -0.2) is 74.3 Å². The summed E-state index contributed by atoms with van der Waals surface area (Å²) in [7, 11) is 1.49. The minimum Gasteiger partial charge on any atom is -0.456 e. The van der Waals surface area contributed by atoms with Crippen molar-refractivity contribution in [3.8, 4) is 0 Å². The molecule has 0 spiro atoms. The highest BCUT2D eigenvalue weighted by molar-refractivity contribution is 7.47. The fraction of sp³-hybridized carbons (Fsp3) is 0.766. The first-order valence-corrected chi connectivity index (χ1v) is 38.1. The number of likely N-dealkylation sites (N-methyl/N-ethyl adjacent to an activating group) is 1. The molecule has 0 heterocycles. The standard InChI is InChI=1S/C77H139N2O7P/c1-7-10-13-16-19-22-25-28-30-32-34-36-38-39-41-42-44-46-48-51-54-57-60-63-66-69-76(80)78-74(73-85-87(82,83)84-72-71-79(4,5)6)75(68-65-62-59-56-53-50-27-24-21-18-15-12-9-3)86-77(81)70-67-64-61-58-55-52-49-47-45-43-40-37-35-33-31-29-26-23-20-17-14-11-8-2/h19-20,22-23,28-31,34-37,39,41,65,68,74-75H,7-18,21,24-27,32-33,38,40,42-64,66-67,69-73H2,1-6H3,(H-,78,80,82,83)/p+1/b22-19-,23-20-,30-28-,31-29-,36-34-,37-35-,41-39-,68-65+. The quantitative estimate of drug-likeness (QED) is 0.0205. The Bertz CT molecular complexity index is 1810. The molecular weight excluding hydrogens is 1100 g/mol. The van der Waals surface area contributed by atoms with Crippen molar-refractivity contribution < 1.29 is 37.3 Å².